The first-order valence-electron chi connectivity index (χ1n) is 11.5. The third kappa shape index (κ3) is 6.94. The molecule has 1 atom stereocenters. The number of hydrogen-bond donors (Lipinski definition) is 2. The molecule has 3 aromatic rings. The fourth-order valence-electron chi connectivity index (χ4n) is 3.77. The smallest absolute Gasteiger partial charge is 0.252 e. The molecule has 0 fully saturated rings. The summed E-state index contributed by atoms with van der Waals surface area (Å²) < 4.78 is 5.23. The van der Waals surface area contributed by atoms with Crippen LogP contribution in [-0.2, 0) is 11.2 Å². The van der Waals surface area contributed by atoms with E-state index >= 15 is 0 Å². The lowest BCUT2D eigenvalue weighted by atomic mass is 9.98. The maximum absolute atomic E-state index is 13.2. The number of hydrogen-bond acceptors (Lipinski definition) is 3. The van der Waals surface area contributed by atoms with Crippen molar-refractivity contribution in [3.05, 3.63) is 90.0 Å². The zero-order valence-corrected chi connectivity index (χ0v) is 19.3. The summed E-state index contributed by atoms with van der Waals surface area (Å²) in [7, 11) is 1.62. The molecule has 0 heterocycles. The molecule has 0 saturated carbocycles. The van der Waals surface area contributed by atoms with Gasteiger partial charge in [-0.2, -0.15) is 0 Å². The summed E-state index contributed by atoms with van der Waals surface area (Å²) in [6.07, 6.45) is 3.13. The van der Waals surface area contributed by atoms with Crippen molar-refractivity contribution in [3.8, 4) is 16.9 Å². The van der Waals surface area contributed by atoms with Crippen LogP contribution in [0, 0.1) is 0 Å². The van der Waals surface area contributed by atoms with Crippen LogP contribution >= 0.6 is 0 Å². The minimum absolute atomic E-state index is 0.139. The number of rotatable bonds is 11. The number of benzene rings is 3. The van der Waals surface area contributed by atoms with Crippen molar-refractivity contribution >= 4 is 11.8 Å². The van der Waals surface area contributed by atoms with Crippen molar-refractivity contribution in [2.24, 2.45) is 0 Å². The minimum atomic E-state index is -0.567. The summed E-state index contributed by atoms with van der Waals surface area (Å²) in [6.45, 7) is 2.58. The lowest BCUT2D eigenvalue weighted by Gasteiger charge is -2.19. The number of aryl methyl sites for hydroxylation is 1. The first-order chi connectivity index (χ1) is 16.1. The average molecular weight is 445 g/mol. The van der Waals surface area contributed by atoms with Crippen LogP contribution in [0.5, 0.6) is 5.75 Å². The van der Waals surface area contributed by atoms with Crippen molar-refractivity contribution < 1.29 is 14.3 Å². The average Bonchev–Trinajstić information content (AvgIpc) is 2.87. The molecule has 0 bridgehead atoms. The molecule has 0 radical (unpaired) electrons. The van der Waals surface area contributed by atoms with E-state index in [1.807, 2.05) is 67.6 Å². The van der Waals surface area contributed by atoms with Gasteiger partial charge >= 0.3 is 0 Å². The van der Waals surface area contributed by atoms with Crippen molar-refractivity contribution in [1.29, 1.82) is 0 Å². The second kappa shape index (κ2) is 12.4. The standard InChI is InChI=1S/C28H32N2O3/c1-3-10-26(28(32)29-20-9-13-21-11-5-4-6-12-21)30-27(31)25-15-8-7-14-24(25)22-16-18-23(33-2)19-17-22/h4-8,11-12,14-19,26H,3,9-10,13,20H2,1-2H3,(H,29,32)(H,30,31). The third-order valence-corrected chi connectivity index (χ3v) is 5.56. The van der Waals surface area contributed by atoms with Crippen LogP contribution in [0.25, 0.3) is 11.1 Å². The number of carbonyl (C=O) groups is 2. The fraction of sp³-hybridized carbons (Fsp3) is 0.286. The summed E-state index contributed by atoms with van der Waals surface area (Å²) in [5, 5.41) is 5.94. The molecule has 0 aliphatic carbocycles. The van der Waals surface area contributed by atoms with Crippen LogP contribution in [0.4, 0.5) is 0 Å². The van der Waals surface area contributed by atoms with Crippen LogP contribution in [0.1, 0.15) is 42.1 Å². The van der Waals surface area contributed by atoms with E-state index in [9.17, 15) is 9.59 Å². The molecule has 1 unspecified atom stereocenters. The SMILES string of the molecule is CCCC(NC(=O)c1ccccc1-c1ccc(OC)cc1)C(=O)NCCCc1ccccc1. The number of carbonyl (C=O) groups excluding carboxylic acids is 2. The number of amides is 2. The van der Waals surface area contributed by atoms with Crippen molar-refractivity contribution in [3.63, 3.8) is 0 Å². The zero-order chi connectivity index (χ0) is 23.5. The highest BCUT2D eigenvalue weighted by Gasteiger charge is 2.22. The van der Waals surface area contributed by atoms with Gasteiger partial charge in [0.05, 0.1) is 7.11 Å². The highest BCUT2D eigenvalue weighted by atomic mass is 16.5. The van der Waals surface area contributed by atoms with Gasteiger partial charge in [0.1, 0.15) is 11.8 Å². The van der Waals surface area contributed by atoms with Crippen molar-refractivity contribution in [1.82, 2.24) is 10.6 Å². The molecule has 0 aliphatic rings. The molecular formula is C28H32N2O3. The predicted octanol–water partition coefficient (Wildman–Crippen LogP) is 5.01. The largest absolute Gasteiger partial charge is 0.497 e. The van der Waals surface area contributed by atoms with E-state index in [2.05, 4.69) is 22.8 Å². The number of methoxy groups -OCH3 is 1. The Morgan fingerprint density at radius 3 is 2.30 bits per heavy atom. The molecule has 172 valence electrons. The molecule has 2 N–H and O–H groups in total. The first-order valence-corrected chi connectivity index (χ1v) is 11.5. The Balaban J connectivity index is 1.63. The molecule has 0 aromatic heterocycles. The Kier molecular flexibility index (Phi) is 9.07. The summed E-state index contributed by atoms with van der Waals surface area (Å²) in [4.78, 5) is 25.9. The monoisotopic (exact) mass is 444 g/mol. The van der Waals surface area contributed by atoms with Gasteiger partial charge in [0.25, 0.3) is 5.91 Å². The summed E-state index contributed by atoms with van der Waals surface area (Å²) >= 11 is 0. The van der Waals surface area contributed by atoms with Crippen LogP contribution in [0.2, 0.25) is 0 Å². The van der Waals surface area contributed by atoms with Gasteiger partial charge in [-0.1, -0.05) is 74.0 Å². The maximum atomic E-state index is 13.2. The van der Waals surface area contributed by atoms with Crippen LogP contribution in [0.3, 0.4) is 0 Å². The first kappa shape index (κ1) is 24.1. The molecule has 33 heavy (non-hydrogen) atoms. The Labute approximate surface area is 196 Å². The van der Waals surface area contributed by atoms with Gasteiger partial charge in [0, 0.05) is 12.1 Å². The lowest BCUT2D eigenvalue weighted by Crippen LogP contribution is -2.47. The topological polar surface area (TPSA) is 67.4 Å². The molecule has 5 nitrogen and oxygen atoms in total. The van der Waals surface area contributed by atoms with Crippen LogP contribution in [-0.4, -0.2) is 31.5 Å². The van der Waals surface area contributed by atoms with E-state index in [1.54, 1.807) is 13.2 Å². The van der Waals surface area contributed by atoms with Gasteiger partial charge in [-0.15, -0.1) is 0 Å². The molecule has 3 rings (SSSR count). The van der Waals surface area contributed by atoms with Crippen LogP contribution in [0.15, 0.2) is 78.9 Å². The van der Waals surface area contributed by atoms with E-state index in [1.165, 1.54) is 5.56 Å². The number of nitrogens with one attached hydrogen (secondary N) is 2. The Hall–Kier alpha value is -3.60. The quantitative estimate of drug-likeness (QED) is 0.409. The highest BCUT2D eigenvalue weighted by molar-refractivity contribution is 6.02. The summed E-state index contributed by atoms with van der Waals surface area (Å²) in [5.41, 5.74) is 3.52. The Morgan fingerprint density at radius 1 is 0.909 bits per heavy atom. The van der Waals surface area contributed by atoms with Crippen molar-refractivity contribution in [2.75, 3.05) is 13.7 Å². The molecule has 2 amide bonds. The fourth-order valence-corrected chi connectivity index (χ4v) is 3.77. The van der Waals surface area contributed by atoms with Gasteiger partial charge in [0.2, 0.25) is 5.91 Å². The van der Waals surface area contributed by atoms with Gasteiger partial charge in [0.15, 0.2) is 0 Å². The van der Waals surface area contributed by atoms with E-state index in [0.717, 1.165) is 36.1 Å². The van der Waals surface area contributed by atoms with E-state index in [4.69, 9.17) is 4.74 Å². The summed E-state index contributed by atoms with van der Waals surface area (Å²) in [5.74, 6) is 0.368. The van der Waals surface area contributed by atoms with E-state index in [0.29, 0.717) is 18.5 Å². The lowest BCUT2D eigenvalue weighted by molar-refractivity contribution is -0.123. The van der Waals surface area contributed by atoms with Crippen LogP contribution < -0.4 is 15.4 Å². The molecule has 0 spiro atoms. The summed E-state index contributed by atoms with van der Waals surface area (Å²) in [6, 6.07) is 24.7. The molecule has 0 aliphatic heterocycles. The van der Waals surface area contributed by atoms with Gasteiger partial charge in [-0.3, -0.25) is 9.59 Å². The molecule has 0 saturated heterocycles. The van der Waals surface area contributed by atoms with Gasteiger partial charge in [-0.25, -0.2) is 0 Å². The van der Waals surface area contributed by atoms with E-state index < -0.39 is 6.04 Å². The molecule has 3 aromatic carbocycles. The normalized spacial score (nSPS) is 11.5. The molecular weight excluding hydrogens is 412 g/mol. The predicted molar refractivity (Wildman–Crippen MR) is 132 cm³/mol. The number of ether oxygens (including phenoxy) is 1. The minimum Gasteiger partial charge on any atom is -0.497 e. The second-order valence-electron chi connectivity index (χ2n) is 7.97. The van der Waals surface area contributed by atoms with Gasteiger partial charge < -0.3 is 15.4 Å². The maximum Gasteiger partial charge on any atom is 0.252 e. The van der Waals surface area contributed by atoms with Gasteiger partial charge in [-0.05, 0) is 54.2 Å². The van der Waals surface area contributed by atoms with Crippen molar-refractivity contribution in [2.45, 2.75) is 38.6 Å². The Bertz CT molecular complexity index is 1030. The highest BCUT2D eigenvalue weighted by Crippen LogP contribution is 2.26. The Morgan fingerprint density at radius 2 is 1.61 bits per heavy atom. The van der Waals surface area contributed by atoms with E-state index in [-0.39, 0.29) is 11.8 Å². The zero-order valence-electron chi connectivity index (χ0n) is 19.3. The second-order valence-corrected chi connectivity index (χ2v) is 7.97. The third-order valence-electron chi connectivity index (χ3n) is 5.56. The molecule has 5 heteroatoms.